The monoisotopic (exact) mass is 597 g/mol. The smallest absolute Gasteiger partial charge is 0.257 e. The summed E-state index contributed by atoms with van der Waals surface area (Å²) in [5.41, 5.74) is 0.154. The Kier molecular flexibility index (Phi) is 7.90. The number of amides is 3. The molecule has 9 nitrogen and oxygen atoms in total. The van der Waals surface area contributed by atoms with Gasteiger partial charge in [-0.2, -0.15) is 5.26 Å². The van der Waals surface area contributed by atoms with Gasteiger partial charge < -0.3 is 10.4 Å². The van der Waals surface area contributed by atoms with E-state index in [1.54, 1.807) is 12.1 Å². The van der Waals surface area contributed by atoms with Crippen LogP contribution in [-0.2, 0) is 14.4 Å². The summed E-state index contributed by atoms with van der Waals surface area (Å²) < 4.78 is 41.7. The third kappa shape index (κ3) is 5.66. The van der Waals surface area contributed by atoms with Crippen LogP contribution >= 0.6 is 11.6 Å². The van der Waals surface area contributed by atoms with Crippen LogP contribution in [0.5, 0.6) is 0 Å². The number of aliphatic hydroxyl groups excluding tert-OH is 1. The summed E-state index contributed by atoms with van der Waals surface area (Å²) in [5, 5.41) is 22.4. The minimum atomic E-state index is -2.94. The zero-order chi connectivity index (χ0) is 30.2. The van der Waals surface area contributed by atoms with E-state index in [-0.39, 0.29) is 27.7 Å². The molecular weight excluding hydrogens is 575 g/mol. The minimum Gasteiger partial charge on any atom is -0.383 e. The molecule has 2 N–H and O–H groups in total. The number of alkyl halides is 2. The standard InChI is InChI=1S/C29H23ClF3N5O4/c30-21-7-2-1-6-20(21)25(26(40)36-18-13-29(32,33)14-18)37(19-5-3-4-17(31)11-19)27(41)22-12-23(39)28(42)38(22)24-10-16(15-34)8-9-35-24/h1-11,18,22-23,25,39H,12-14H2,(H,36,40)/t22-,23+,25?/m0/s1. The number of nitrogens with one attached hydrogen (secondary N) is 1. The normalized spacial score (nSPS) is 20.4. The second-order valence-electron chi connectivity index (χ2n) is 10.1. The van der Waals surface area contributed by atoms with Crippen molar-refractivity contribution in [2.45, 2.75) is 49.4 Å². The Bertz CT molecular complexity index is 1590. The third-order valence-electron chi connectivity index (χ3n) is 7.15. The molecule has 2 heterocycles. The van der Waals surface area contributed by atoms with E-state index in [2.05, 4.69) is 10.3 Å². The van der Waals surface area contributed by atoms with Crippen molar-refractivity contribution >= 4 is 40.8 Å². The van der Waals surface area contributed by atoms with Crippen LogP contribution in [-0.4, -0.2) is 51.9 Å². The Morgan fingerprint density at radius 2 is 1.90 bits per heavy atom. The van der Waals surface area contributed by atoms with E-state index >= 15 is 0 Å². The van der Waals surface area contributed by atoms with E-state index in [1.165, 1.54) is 42.6 Å². The number of rotatable bonds is 7. The van der Waals surface area contributed by atoms with E-state index in [1.807, 2.05) is 6.07 Å². The van der Waals surface area contributed by atoms with E-state index in [0.717, 1.165) is 21.9 Å². The molecule has 1 aliphatic carbocycles. The van der Waals surface area contributed by atoms with Gasteiger partial charge in [0.2, 0.25) is 5.91 Å². The van der Waals surface area contributed by atoms with Gasteiger partial charge in [0.25, 0.3) is 17.7 Å². The summed E-state index contributed by atoms with van der Waals surface area (Å²) in [7, 11) is 0. The molecule has 2 aliphatic rings. The van der Waals surface area contributed by atoms with E-state index in [9.17, 15) is 37.9 Å². The molecule has 216 valence electrons. The number of aromatic nitrogens is 1. The molecule has 2 fully saturated rings. The van der Waals surface area contributed by atoms with Gasteiger partial charge in [-0.1, -0.05) is 35.9 Å². The molecule has 1 saturated heterocycles. The SMILES string of the molecule is N#Cc1ccnc(N2C(=O)[C@H](O)C[C@H]2C(=O)N(c2cccc(F)c2)C(C(=O)NC2CC(F)(F)C2)c2ccccc2Cl)c1. The Morgan fingerprint density at radius 3 is 2.57 bits per heavy atom. The Hall–Kier alpha value is -4.47. The number of hydrogen-bond donors (Lipinski definition) is 2. The van der Waals surface area contributed by atoms with Crippen LogP contribution in [0.15, 0.2) is 66.9 Å². The fourth-order valence-electron chi connectivity index (χ4n) is 5.16. The van der Waals surface area contributed by atoms with Gasteiger partial charge in [0.1, 0.15) is 29.8 Å². The van der Waals surface area contributed by atoms with Gasteiger partial charge in [-0.25, -0.2) is 18.2 Å². The molecule has 2 aromatic carbocycles. The lowest BCUT2D eigenvalue weighted by Crippen LogP contribution is -2.56. The molecule has 0 bridgehead atoms. The Labute approximate surface area is 243 Å². The third-order valence-corrected chi connectivity index (χ3v) is 7.50. The maximum atomic E-state index is 14.5. The van der Waals surface area contributed by atoms with Crippen molar-refractivity contribution in [3.63, 3.8) is 0 Å². The Morgan fingerprint density at radius 1 is 1.17 bits per heavy atom. The first-order valence-electron chi connectivity index (χ1n) is 12.9. The number of pyridine rings is 1. The molecule has 0 radical (unpaired) electrons. The van der Waals surface area contributed by atoms with Gasteiger partial charge in [0, 0.05) is 47.8 Å². The first-order chi connectivity index (χ1) is 20.0. The number of nitriles is 1. The largest absolute Gasteiger partial charge is 0.383 e. The quantitative estimate of drug-likeness (QED) is 0.425. The van der Waals surface area contributed by atoms with Crippen molar-refractivity contribution in [3.05, 3.63) is 88.8 Å². The molecule has 3 amide bonds. The van der Waals surface area contributed by atoms with Crippen LogP contribution in [0.1, 0.15) is 36.4 Å². The van der Waals surface area contributed by atoms with Gasteiger partial charge in [-0.05, 0) is 36.4 Å². The fraction of sp³-hybridized carbons (Fsp3) is 0.276. The van der Waals surface area contributed by atoms with Gasteiger partial charge in [-0.15, -0.1) is 0 Å². The summed E-state index contributed by atoms with van der Waals surface area (Å²) in [6.45, 7) is 0. The van der Waals surface area contributed by atoms with E-state index in [0.29, 0.717) is 0 Å². The molecule has 1 aromatic heterocycles. The van der Waals surface area contributed by atoms with Crippen molar-refractivity contribution < 1.29 is 32.7 Å². The highest BCUT2D eigenvalue weighted by Crippen LogP contribution is 2.40. The maximum Gasteiger partial charge on any atom is 0.257 e. The van der Waals surface area contributed by atoms with Crippen LogP contribution in [0.4, 0.5) is 24.7 Å². The van der Waals surface area contributed by atoms with Crippen LogP contribution in [0.3, 0.4) is 0 Å². The van der Waals surface area contributed by atoms with Crippen molar-refractivity contribution in [1.29, 1.82) is 5.26 Å². The van der Waals surface area contributed by atoms with Gasteiger partial charge in [-0.3, -0.25) is 24.2 Å². The van der Waals surface area contributed by atoms with Crippen molar-refractivity contribution in [2.24, 2.45) is 0 Å². The highest BCUT2D eigenvalue weighted by atomic mass is 35.5. The second kappa shape index (κ2) is 11.4. The summed E-state index contributed by atoms with van der Waals surface area (Å²) in [6, 6.07) is 11.5. The molecule has 1 saturated carbocycles. The molecule has 3 aromatic rings. The van der Waals surface area contributed by atoms with Crippen LogP contribution in [0.25, 0.3) is 0 Å². The zero-order valence-electron chi connectivity index (χ0n) is 21.8. The van der Waals surface area contributed by atoms with E-state index in [4.69, 9.17) is 11.6 Å². The highest BCUT2D eigenvalue weighted by Gasteiger charge is 2.50. The highest BCUT2D eigenvalue weighted by molar-refractivity contribution is 6.31. The average Bonchev–Trinajstić information content (AvgIpc) is 3.24. The molecule has 1 aliphatic heterocycles. The van der Waals surface area contributed by atoms with E-state index < -0.39 is 73.0 Å². The first kappa shape index (κ1) is 29.0. The lowest BCUT2D eigenvalue weighted by Gasteiger charge is -2.39. The average molecular weight is 598 g/mol. The second-order valence-corrected chi connectivity index (χ2v) is 10.5. The molecule has 0 spiro atoms. The number of carbonyl (C=O) groups excluding carboxylic acids is 3. The molecule has 3 atom stereocenters. The van der Waals surface area contributed by atoms with Crippen molar-refractivity contribution in [2.75, 3.05) is 9.80 Å². The molecule has 1 unspecified atom stereocenters. The number of benzene rings is 2. The number of anilines is 2. The molecule has 5 rings (SSSR count). The molecule has 13 heteroatoms. The number of aliphatic hydroxyl groups is 1. The maximum absolute atomic E-state index is 14.5. The van der Waals surface area contributed by atoms with Gasteiger partial charge >= 0.3 is 0 Å². The van der Waals surface area contributed by atoms with Crippen LogP contribution < -0.4 is 15.1 Å². The summed E-state index contributed by atoms with van der Waals surface area (Å²) in [5.74, 6) is -6.42. The minimum absolute atomic E-state index is 0.0635. The predicted molar refractivity (Wildman–Crippen MR) is 145 cm³/mol. The summed E-state index contributed by atoms with van der Waals surface area (Å²) in [4.78, 5) is 47.3. The molecule has 42 heavy (non-hydrogen) atoms. The topological polar surface area (TPSA) is 127 Å². The number of nitrogens with zero attached hydrogens (tertiary/aromatic N) is 4. The van der Waals surface area contributed by atoms with Crippen LogP contribution in [0, 0.1) is 17.1 Å². The van der Waals surface area contributed by atoms with Gasteiger partial charge in [0.05, 0.1) is 11.6 Å². The lowest BCUT2D eigenvalue weighted by atomic mass is 9.87. The van der Waals surface area contributed by atoms with Crippen LogP contribution in [0.2, 0.25) is 5.02 Å². The number of carbonyl (C=O) groups is 3. The van der Waals surface area contributed by atoms with Crippen molar-refractivity contribution in [3.8, 4) is 6.07 Å². The number of halogens is 4. The number of hydrogen-bond acceptors (Lipinski definition) is 6. The van der Waals surface area contributed by atoms with Gasteiger partial charge in [0.15, 0.2) is 0 Å². The Balaban J connectivity index is 1.63. The zero-order valence-corrected chi connectivity index (χ0v) is 22.5. The fourth-order valence-corrected chi connectivity index (χ4v) is 5.40. The van der Waals surface area contributed by atoms with Crippen molar-refractivity contribution in [1.82, 2.24) is 10.3 Å². The summed E-state index contributed by atoms with van der Waals surface area (Å²) in [6.07, 6.45) is -1.97. The predicted octanol–water partition coefficient (Wildman–Crippen LogP) is 3.90. The lowest BCUT2D eigenvalue weighted by molar-refractivity contribution is -0.133. The first-order valence-corrected chi connectivity index (χ1v) is 13.3. The molecular formula is C29H23ClF3N5O4. The summed E-state index contributed by atoms with van der Waals surface area (Å²) >= 11 is 6.47.